The third kappa shape index (κ3) is 4.94. The van der Waals surface area contributed by atoms with Gasteiger partial charge in [-0.3, -0.25) is 0 Å². The summed E-state index contributed by atoms with van der Waals surface area (Å²) >= 11 is 0. The lowest BCUT2D eigenvalue weighted by Crippen LogP contribution is -2.10. The highest BCUT2D eigenvalue weighted by Gasteiger charge is 2.07. The van der Waals surface area contributed by atoms with E-state index in [9.17, 15) is 0 Å². The van der Waals surface area contributed by atoms with E-state index in [4.69, 9.17) is 5.73 Å². The molecule has 1 aromatic rings. The minimum atomic E-state index is 0.0149. The van der Waals surface area contributed by atoms with Crippen molar-refractivity contribution in [3.05, 3.63) is 35.4 Å². The van der Waals surface area contributed by atoms with Crippen molar-refractivity contribution in [2.45, 2.75) is 53.0 Å². The van der Waals surface area contributed by atoms with Gasteiger partial charge in [0.05, 0.1) is 0 Å². The molecule has 0 saturated carbocycles. The molecule has 98 valence electrons. The van der Waals surface area contributed by atoms with Crippen LogP contribution in [-0.4, -0.2) is 0 Å². The zero-order valence-electron chi connectivity index (χ0n) is 12.2. The van der Waals surface area contributed by atoms with Gasteiger partial charge in [0.25, 0.3) is 0 Å². The summed E-state index contributed by atoms with van der Waals surface area (Å²) in [6.07, 6.45) is 0.721. The van der Waals surface area contributed by atoms with Gasteiger partial charge < -0.3 is 5.73 Å². The Labute approximate surface area is 112 Å². The summed E-state index contributed by atoms with van der Waals surface area (Å²) in [6, 6.07) is 8.59. The molecule has 0 aliphatic heterocycles. The normalized spacial score (nSPS) is 13.1. The van der Waals surface area contributed by atoms with Crippen molar-refractivity contribution in [3.63, 3.8) is 0 Å². The minimum absolute atomic E-state index is 0.0149. The van der Waals surface area contributed by atoms with Gasteiger partial charge in [-0.05, 0) is 37.8 Å². The van der Waals surface area contributed by atoms with Crippen molar-refractivity contribution >= 4 is 0 Å². The van der Waals surface area contributed by atoms with Crippen molar-refractivity contribution in [1.82, 2.24) is 0 Å². The molecule has 1 heteroatoms. The molecule has 1 aromatic carbocycles. The fourth-order valence-corrected chi connectivity index (χ4v) is 1.67. The Morgan fingerprint density at radius 2 is 1.56 bits per heavy atom. The third-order valence-corrected chi connectivity index (χ3v) is 2.82. The average molecular weight is 243 g/mol. The molecule has 1 atom stereocenters. The van der Waals surface area contributed by atoms with Gasteiger partial charge in [0.2, 0.25) is 0 Å². The summed E-state index contributed by atoms with van der Waals surface area (Å²) in [5, 5.41) is 0. The Balaban J connectivity index is 2.67. The maximum atomic E-state index is 6.15. The van der Waals surface area contributed by atoms with E-state index in [1.165, 1.54) is 11.1 Å². The van der Waals surface area contributed by atoms with Gasteiger partial charge in [-0.1, -0.05) is 44.0 Å². The molecular weight excluding hydrogens is 218 g/mol. The van der Waals surface area contributed by atoms with E-state index in [-0.39, 0.29) is 11.5 Å². The second kappa shape index (κ2) is 6.07. The topological polar surface area (TPSA) is 26.0 Å². The number of rotatable bonds is 3. The van der Waals surface area contributed by atoms with Crippen LogP contribution in [-0.2, 0) is 0 Å². The van der Waals surface area contributed by atoms with E-state index in [1.807, 2.05) is 0 Å². The molecule has 0 aliphatic rings. The number of hydrogen-bond donors (Lipinski definition) is 1. The lowest BCUT2D eigenvalue weighted by Gasteiger charge is -2.12. The van der Waals surface area contributed by atoms with Crippen LogP contribution in [0.3, 0.4) is 0 Å². The molecule has 0 aromatic heterocycles. The molecule has 0 fully saturated rings. The first-order valence-corrected chi connectivity index (χ1v) is 6.65. The summed E-state index contributed by atoms with van der Waals surface area (Å²) in [6.45, 7) is 10.7. The molecule has 0 aliphatic carbocycles. The maximum Gasteiger partial charge on any atom is 0.0405 e. The van der Waals surface area contributed by atoms with Crippen molar-refractivity contribution in [1.29, 1.82) is 0 Å². The van der Waals surface area contributed by atoms with Crippen LogP contribution in [0.4, 0.5) is 0 Å². The van der Waals surface area contributed by atoms with Gasteiger partial charge in [0, 0.05) is 17.9 Å². The largest absolute Gasteiger partial charge is 0.323 e. The van der Waals surface area contributed by atoms with Crippen LogP contribution in [0.1, 0.15) is 64.1 Å². The first-order chi connectivity index (χ1) is 8.29. The SMILES string of the molecule is CC(C)c1ccc(C(N)CC#CC(C)(C)C)cc1. The molecule has 0 heterocycles. The lowest BCUT2D eigenvalue weighted by molar-refractivity contribution is 0.569. The van der Waals surface area contributed by atoms with Gasteiger partial charge in [0.15, 0.2) is 0 Å². The van der Waals surface area contributed by atoms with Crippen LogP contribution < -0.4 is 5.73 Å². The fraction of sp³-hybridized carbons (Fsp3) is 0.529. The summed E-state index contributed by atoms with van der Waals surface area (Å²) in [7, 11) is 0. The van der Waals surface area contributed by atoms with Crippen molar-refractivity contribution < 1.29 is 0 Å². The quantitative estimate of drug-likeness (QED) is 0.789. The van der Waals surface area contributed by atoms with E-state index in [0.717, 1.165) is 6.42 Å². The van der Waals surface area contributed by atoms with Crippen LogP contribution in [0.15, 0.2) is 24.3 Å². The fourth-order valence-electron chi connectivity index (χ4n) is 1.67. The number of hydrogen-bond acceptors (Lipinski definition) is 1. The summed E-state index contributed by atoms with van der Waals surface area (Å²) in [5.41, 5.74) is 8.73. The third-order valence-electron chi connectivity index (χ3n) is 2.82. The minimum Gasteiger partial charge on any atom is -0.323 e. The van der Waals surface area contributed by atoms with E-state index in [2.05, 4.69) is 70.7 Å². The zero-order valence-corrected chi connectivity index (χ0v) is 12.2. The van der Waals surface area contributed by atoms with E-state index < -0.39 is 0 Å². The zero-order chi connectivity index (χ0) is 13.8. The first-order valence-electron chi connectivity index (χ1n) is 6.65. The number of benzene rings is 1. The Bertz CT molecular complexity index is 423. The van der Waals surface area contributed by atoms with Crippen LogP contribution in [0.25, 0.3) is 0 Å². The highest BCUT2D eigenvalue weighted by molar-refractivity contribution is 5.27. The highest BCUT2D eigenvalue weighted by atomic mass is 14.6. The number of nitrogens with two attached hydrogens (primary N) is 1. The van der Waals surface area contributed by atoms with E-state index in [0.29, 0.717) is 5.92 Å². The lowest BCUT2D eigenvalue weighted by atomic mass is 9.96. The first kappa shape index (κ1) is 14.8. The van der Waals surface area contributed by atoms with Crippen molar-refractivity contribution in [2.24, 2.45) is 11.1 Å². The smallest absolute Gasteiger partial charge is 0.0405 e. The molecule has 1 nitrogen and oxygen atoms in total. The van der Waals surface area contributed by atoms with Gasteiger partial charge in [-0.2, -0.15) is 0 Å². The monoisotopic (exact) mass is 243 g/mol. The Kier molecular flexibility index (Phi) is 4.99. The predicted molar refractivity (Wildman–Crippen MR) is 79.3 cm³/mol. The predicted octanol–water partition coefficient (Wildman–Crippen LogP) is 4.25. The molecule has 18 heavy (non-hydrogen) atoms. The van der Waals surface area contributed by atoms with Crippen LogP contribution in [0.2, 0.25) is 0 Å². The molecular formula is C17H25N. The highest BCUT2D eigenvalue weighted by Crippen LogP contribution is 2.19. The standard InChI is InChI=1S/C17H25N/c1-13(2)14-8-10-15(11-9-14)16(18)7-6-12-17(3,4)5/h8-11,13,16H,7,18H2,1-5H3. The van der Waals surface area contributed by atoms with Crippen molar-refractivity contribution in [3.8, 4) is 11.8 Å². The van der Waals surface area contributed by atoms with Crippen LogP contribution >= 0.6 is 0 Å². The van der Waals surface area contributed by atoms with Crippen molar-refractivity contribution in [2.75, 3.05) is 0 Å². The van der Waals surface area contributed by atoms with E-state index in [1.54, 1.807) is 0 Å². The Hall–Kier alpha value is -1.26. The van der Waals surface area contributed by atoms with Crippen LogP contribution in [0, 0.1) is 17.3 Å². The molecule has 0 radical (unpaired) electrons. The van der Waals surface area contributed by atoms with Gasteiger partial charge in [0.1, 0.15) is 0 Å². The summed E-state index contributed by atoms with van der Waals surface area (Å²) in [5.74, 6) is 6.97. The second-order valence-corrected chi connectivity index (χ2v) is 6.18. The Morgan fingerprint density at radius 3 is 2.00 bits per heavy atom. The molecule has 1 rings (SSSR count). The van der Waals surface area contributed by atoms with Gasteiger partial charge >= 0.3 is 0 Å². The van der Waals surface area contributed by atoms with Gasteiger partial charge in [-0.25, -0.2) is 0 Å². The molecule has 0 spiro atoms. The Morgan fingerprint density at radius 1 is 1.06 bits per heavy atom. The summed E-state index contributed by atoms with van der Waals surface area (Å²) < 4.78 is 0. The molecule has 0 bridgehead atoms. The molecule has 0 saturated heterocycles. The van der Waals surface area contributed by atoms with Crippen LogP contribution in [0.5, 0.6) is 0 Å². The van der Waals surface area contributed by atoms with E-state index >= 15 is 0 Å². The molecule has 1 unspecified atom stereocenters. The second-order valence-electron chi connectivity index (χ2n) is 6.18. The van der Waals surface area contributed by atoms with Gasteiger partial charge in [-0.15, -0.1) is 5.92 Å². The maximum absolute atomic E-state index is 6.15. The summed E-state index contributed by atoms with van der Waals surface area (Å²) in [4.78, 5) is 0. The molecule has 2 N–H and O–H groups in total. The molecule has 0 amide bonds. The average Bonchev–Trinajstić information content (AvgIpc) is 2.27.